The van der Waals surface area contributed by atoms with Gasteiger partial charge in [0.1, 0.15) is 16.2 Å². The van der Waals surface area contributed by atoms with E-state index in [4.69, 9.17) is 4.74 Å². The standard InChI is InChI=1S/C16H20N2OS2/c1-2-7-13-12(6-1)14-15(17-10-18-16(14)21-13)20-9-11-5-3-4-8-19-11/h10-11H,1-9H2/t11-/m1/s1. The second kappa shape index (κ2) is 6.23. The fourth-order valence-corrected chi connectivity index (χ4v) is 5.67. The van der Waals surface area contributed by atoms with E-state index in [9.17, 15) is 0 Å². The van der Waals surface area contributed by atoms with E-state index in [0.29, 0.717) is 6.10 Å². The predicted molar refractivity (Wildman–Crippen MR) is 88.4 cm³/mol. The van der Waals surface area contributed by atoms with Gasteiger partial charge < -0.3 is 4.74 Å². The molecule has 1 atom stereocenters. The first-order chi connectivity index (χ1) is 10.4. The van der Waals surface area contributed by atoms with Gasteiger partial charge in [0, 0.05) is 22.6 Å². The van der Waals surface area contributed by atoms with E-state index in [1.807, 2.05) is 23.1 Å². The Morgan fingerprint density at radius 3 is 3.05 bits per heavy atom. The molecule has 1 aliphatic carbocycles. The van der Waals surface area contributed by atoms with Gasteiger partial charge in [-0.1, -0.05) is 0 Å². The molecule has 4 rings (SSSR count). The van der Waals surface area contributed by atoms with Crippen LogP contribution in [0.2, 0.25) is 0 Å². The lowest BCUT2D eigenvalue weighted by molar-refractivity contribution is 0.0315. The minimum Gasteiger partial charge on any atom is -0.377 e. The van der Waals surface area contributed by atoms with E-state index in [0.717, 1.165) is 12.4 Å². The SMILES string of the molecule is c1nc(SC[C@H]2CCCCO2)c2c3c(sc2n1)CCCC3. The molecule has 0 saturated carbocycles. The minimum absolute atomic E-state index is 0.406. The second-order valence-corrected chi connectivity index (χ2v) is 7.96. The van der Waals surface area contributed by atoms with Crippen LogP contribution >= 0.6 is 23.1 Å². The van der Waals surface area contributed by atoms with Gasteiger partial charge in [-0.3, -0.25) is 0 Å². The lowest BCUT2D eigenvalue weighted by Gasteiger charge is -2.22. The van der Waals surface area contributed by atoms with Crippen LogP contribution in [0.15, 0.2) is 11.4 Å². The van der Waals surface area contributed by atoms with Gasteiger partial charge in [0.25, 0.3) is 0 Å². The average Bonchev–Trinajstić information content (AvgIpc) is 2.93. The van der Waals surface area contributed by atoms with Gasteiger partial charge in [-0.15, -0.1) is 23.1 Å². The fraction of sp³-hybridized carbons (Fsp3) is 0.625. The normalized spacial score (nSPS) is 22.4. The summed E-state index contributed by atoms with van der Waals surface area (Å²) in [5.74, 6) is 1.02. The van der Waals surface area contributed by atoms with E-state index in [2.05, 4.69) is 9.97 Å². The first-order valence-electron chi connectivity index (χ1n) is 7.91. The van der Waals surface area contributed by atoms with Crippen LogP contribution in [0.25, 0.3) is 10.2 Å². The molecule has 1 saturated heterocycles. The average molecular weight is 320 g/mol. The van der Waals surface area contributed by atoms with Crippen molar-refractivity contribution in [1.29, 1.82) is 0 Å². The Hall–Kier alpha value is -0.650. The fourth-order valence-electron chi connectivity index (χ4n) is 3.28. The summed E-state index contributed by atoms with van der Waals surface area (Å²) in [6.45, 7) is 0.929. The number of hydrogen-bond acceptors (Lipinski definition) is 5. The molecule has 0 aromatic carbocycles. The minimum atomic E-state index is 0.406. The van der Waals surface area contributed by atoms with Crippen LogP contribution in [0, 0.1) is 0 Å². The topological polar surface area (TPSA) is 35.0 Å². The number of rotatable bonds is 3. The molecule has 0 bridgehead atoms. The van der Waals surface area contributed by atoms with Crippen molar-refractivity contribution in [2.75, 3.05) is 12.4 Å². The Morgan fingerprint density at radius 2 is 2.14 bits per heavy atom. The van der Waals surface area contributed by atoms with Gasteiger partial charge in [0.05, 0.1) is 6.10 Å². The van der Waals surface area contributed by atoms with Crippen molar-refractivity contribution in [3.63, 3.8) is 0 Å². The second-order valence-electron chi connectivity index (χ2n) is 5.87. The maximum absolute atomic E-state index is 5.84. The third-order valence-electron chi connectivity index (χ3n) is 4.40. The van der Waals surface area contributed by atoms with Crippen molar-refractivity contribution in [3.8, 4) is 0 Å². The third-order valence-corrected chi connectivity index (χ3v) is 6.72. The monoisotopic (exact) mass is 320 g/mol. The van der Waals surface area contributed by atoms with E-state index in [1.54, 1.807) is 11.2 Å². The van der Waals surface area contributed by atoms with Gasteiger partial charge in [-0.25, -0.2) is 9.97 Å². The highest BCUT2D eigenvalue weighted by Gasteiger charge is 2.21. The summed E-state index contributed by atoms with van der Waals surface area (Å²) in [4.78, 5) is 11.8. The molecule has 0 N–H and O–H groups in total. The first kappa shape index (κ1) is 14.0. The Bertz CT molecular complexity index is 634. The van der Waals surface area contributed by atoms with Gasteiger partial charge in [-0.05, 0) is 50.5 Å². The van der Waals surface area contributed by atoms with Crippen molar-refractivity contribution in [2.45, 2.75) is 56.1 Å². The van der Waals surface area contributed by atoms with Crippen LogP contribution in [0.1, 0.15) is 42.5 Å². The van der Waals surface area contributed by atoms with Gasteiger partial charge in [0.15, 0.2) is 0 Å². The molecule has 0 amide bonds. The molecular formula is C16H20N2OS2. The molecule has 5 heteroatoms. The number of thioether (sulfide) groups is 1. The molecule has 21 heavy (non-hydrogen) atoms. The molecule has 1 aliphatic heterocycles. The first-order valence-corrected chi connectivity index (χ1v) is 9.71. The van der Waals surface area contributed by atoms with Crippen molar-refractivity contribution in [1.82, 2.24) is 9.97 Å². The Kier molecular flexibility index (Phi) is 4.14. The van der Waals surface area contributed by atoms with Crippen LogP contribution in [0.5, 0.6) is 0 Å². The molecule has 0 radical (unpaired) electrons. The highest BCUT2D eigenvalue weighted by Crippen LogP contribution is 2.39. The predicted octanol–water partition coefficient (Wildman–Crippen LogP) is 4.23. The number of nitrogens with zero attached hydrogens (tertiary/aromatic N) is 2. The van der Waals surface area contributed by atoms with Gasteiger partial charge >= 0.3 is 0 Å². The molecule has 0 spiro atoms. The zero-order valence-electron chi connectivity index (χ0n) is 12.1. The highest BCUT2D eigenvalue weighted by molar-refractivity contribution is 7.99. The van der Waals surface area contributed by atoms with Crippen molar-refractivity contribution < 1.29 is 4.74 Å². The molecule has 2 aliphatic rings. The lowest BCUT2D eigenvalue weighted by atomic mass is 9.97. The van der Waals surface area contributed by atoms with E-state index in [-0.39, 0.29) is 0 Å². The van der Waals surface area contributed by atoms with Crippen LogP contribution in [0.4, 0.5) is 0 Å². The van der Waals surface area contributed by atoms with Crippen LogP contribution in [-0.2, 0) is 17.6 Å². The van der Waals surface area contributed by atoms with Crippen LogP contribution in [0.3, 0.4) is 0 Å². The van der Waals surface area contributed by atoms with Crippen molar-refractivity contribution in [3.05, 3.63) is 16.8 Å². The van der Waals surface area contributed by atoms with E-state index < -0.39 is 0 Å². The quantitative estimate of drug-likeness (QED) is 0.626. The van der Waals surface area contributed by atoms with E-state index in [1.165, 1.54) is 65.8 Å². The maximum Gasteiger partial charge on any atom is 0.128 e. The largest absolute Gasteiger partial charge is 0.377 e. The number of fused-ring (bicyclic) bond motifs is 3. The zero-order valence-corrected chi connectivity index (χ0v) is 13.8. The molecule has 2 aromatic heterocycles. The van der Waals surface area contributed by atoms with Crippen molar-refractivity contribution in [2.24, 2.45) is 0 Å². The summed E-state index contributed by atoms with van der Waals surface area (Å²) >= 11 is 3.74. The number of ether oxygens (including phenoxy) is 1. The Balaban J connectivity index is 1.60. The summed E-state index contributed by atoms with van der Waals surface area (Å²) in [5, 5.41) is 2.52. The number of thiophene rings is 1. The molecule has 112 valence electrons. The molecule has 0 unspecified atom stereocenters. The van der Waals surface area contributed by atoms with Crippen LogP contribution in [-0.4, -0.2) is 28.4 Å². The molecule has 2 aromatic rings. The summed E-state index contributed by atoms with van der Waals surface area (Å²) < 4.78 is 5.84. The summed E-state index contributed by atoms with van der Waals surface area (Å²) in [5.41, 5.74) is 1.54. The number of aryl methyl sites for hydroxylation is 2. The number of hydrogen-bond donors (Lipinski definition) is 0. The van der Waals surface area contributed by atoms with Gasteiger partial charge in [0.2, 0.25) is 0 Å². The number of aromatic nitrogens is 2. The smallest absolute Gasteiger partial charge is 0.128 e. The van der Waals surface area contributed by atoms with Crippen molar-refractivity contribution >= 4 is 33.3 Å². The Morgan fingerprint density at radius 1 is 1.19 bits per heavy atom. The third kappa shape index (κ3) is 2.83. The molecule has 3 heterocycles. The van der Waals surface area contributed by atoms with Gasteiger partial charge in [-0.2, -0.15) is 0 Å². The maximum atomic E-state index is 5.84. The summed E-state index contributed by atoms with van der Waals surface area (Å²) in [6.07, 6.45) is 10.9. The Labute approximate surface area is 133 Å². The summed E-state index contributed by atoms with van der Waals surface area (Å²) in [6, 6.07) is 0. The van der Waals surface area contributed by atoms with E-state index >= 15 is 0 Å². The molecule has 3 nitrogen and oxygen atoms in total. The lowest BCUT2D eigenvalue weighted by Crippen LogP contribution is -2.21. The zero-order chi connectivity index (χ0) is 14.1. The van der Waals surface area contributed by atoms with Crippen LogP contribution < -0.4 is 0 Å². The highest BCUT2D eigenvalue weighted by atomic mass is 32.2. The molecular weight excluding hydrogens is 300 g/mol. The summed E-state index contributed by atoms with van der Waals surface area (Å²) in [7, 11) is 0. The molecule has 1 fully saturated rings.